The van der Waals surface area contributed by atoms with Crippen molar-refractivity contribution in [2.45, 2.75) is 52.1 Å². The van der Waals surface area contributed by atoms with Crippen LogP contribution in [0.1, 0.15) is 32.8 Å². The van der Waals surface area contributed by atoms with E-state index >= 15 is 0 Å². The number of hydrogen-bond acceptors (Lipinski definition) is 2. The zero-order valence-electron chi connectivity index (χ0n) is 11.4. The molecule has 0 amide bonds. The van der Waals surface area contributed by atoms with Crippen LogP contribution in [0.2, 0.25) is 0 Å². The summed E-state index contributed by atoms with van der Waals surface area (Å²) >= 11 is 0. The van der Waals surface area contributed by atoms with Crippen LogP contribution in [0.4, 0.5) is 13.2 Å². The Morgan fingerprint density at radius 3 is 2.16 bits per heavy atom. The van der Waals surface area contributed by atoms with Crippen molar-refractivity contribution in [3.63, 3.8) is 0 Å². The van der Waals surface area contributed by atoms with Gasteiger partial charge in [-0.3, -0.25) is 0 Å². The van der Waals surface area contributed by atoms with Crippen LogP contribution in [0.3, 0.4) is 0 Å². The second kappa shape index (κ2) is 6.80. The standard InChI is InChI=1S/C14H20F3NO/c1-10(2)19-13-6-4-12(5-7-13)9-18-11(3)8-14(15,16)17/h4-7,10-11,18H,8-9H2,1-3H3. The average Bonchev–Trinajstić information content (AvgIpc) is 2.25. The maximum atomic E-state index is 12.1. The highest BCUT2D eigenvalue weighted by molar-refractivity contribution is 5.27. The minimum atomic E-state index is -4.12. The predicted octanol–water partition coefficient (Wildman–Crippen LogP) is 3.90. The van der Waals surface area contributed by atoms with E-state index < -0.39 is 18.6 Å². The number of ether oxygens (including phenoxy) is 1. The first-order valence-corrected chi connectivity index (χ1v) is 6.32. The van der Waals surface area contributed by atoms with Gasteiger partial charge in [0.2, 0.25) is 0 Å². The average molecular weight is 275 g/mol. The van der Waals surface area contributed by atoms with Crippen molar-refractivity contribution in [3.05, 3.63) is 29.8 Å². The minimum Gasteiger partial charge on any atom is -0.491 e. The SMILES string of the molecule is CC(CC(F)(F)F)NCc1ccc(OC(C)C)cc1. The third-order valence-corrected chi connectivity index (χ3v) is 2.49. The van der Waals surface area contributed by atoms with Gasteiger partial charge >= 0.3 is 6.18 Å². The van der Waals surface area contributed by atoms with E-state index in [0.29, 0.717) is 6.54 Å². The molecule has 0 fully saturated rings. The smallest absolute Gasteiger partial charge is 0.390 e. The summed E-state index contributed by atoms with van der Waals surface area (Å²) in [7, 11) is 0. The van der Waals surface area contributed by atoms with Gasteiger partial charge in [0.1, 0.15) is 5.75 Å². The molecule has 0 aliphatic rings. The van der Waals surface area contributed by atoms with E-state index in [4.69, 9.17) is 4.74 Å². The van der Waals surface area contributed by atoms with Crippen molar-refractivity contribution in [1.29, 1.82) is 0 Å². The zero-order valence-corrected chi connectivity index (χ0v) is 11.4. The lowest BCUT2D eigenvalue weighted by atomic mass is 10.2. The van der Waals surface area contributed by atoms with Crippen molar-refractivity contribution in [2.24, 2.45) is 0 Å². The van der Waals surface area contributed by atoms with Crippen molar-refractivity contribution >= 4 is 0 Å². The predicted molar refractivity (Wildman–Crippen MR) is 69.2 cm³/mol. The van der Waals surface area contributed by atoms with Gasteiger partial charge in [0.15, 0.2) is 0 Å². The largest absolute Gasteiger partial charge is 0.491 e. The summed E-state index contributed by atoms with van der Waals surface area (Å²) < 4.78 is 41.9. The van der Waals surface area contributed by atoms with Crippen molar-refractivity contribution in [1.82, 2.24) is 5.32 Å². The van der Waals surface area contributed by atoms with E-state index in [0.717, 1.165) is 11.3 Å². The molecule has 1 N–H and O–H groups in total. The molecule has 1 aromatic carbocycles. The third kappa shape index (κ3) is 7.06. The van der Waals surface area contributed by atoms with Gasteiger partial charge in [0.05, 0.1) is 12.5 Å². The summed E-state index contributed by atoms with van der Waals surface area (Å²) in [6.45, 7) is 5.82. The summed E-state index contributed by atoms with van der Waals surface area (Å²) in [6, 6.07) is 6.76. The van der Waals surface area contributed by atoms with Crippen LogP contribution < -0.4 is 10.1 Å². The topological polar surface area (TPSA) is 21.3 Å². The number of halogens is 3. The highest BCUT2D eigenvalue weighted by Gasteiger charge is 2.29. The van der Waals surface area contributed by atoms with E-state index in [1.54, 1.807) is 0 Å². The normalized spacial score (nSPS) is 13.6. The highest BCUT2D eigenvalue weighted by Crippen LogP contribution is 2.21. The molecule has 1 rings (SSSR count). The lowest BCUT2D eigenvalue weighted by molar-refractivity contribution is -0.139. The fraction of sp³-hybridized carbons (Fsp3) is 0.571. The van der Waals surface area contributed by atoms with Crippen LogP contribution in [0.15, 0.2) is 24.3 Å². The van der Waals surface area contributed by atoms with Crippen LogP contribution >= 0.6 is 0 Å². The van der Waals surface area contributed by atoms with E-state index in [-0.39, 0.29) is 6.10 Å². The maximum Gasteiger partial charge on any atom is 0.390 e. The van der Waals surface area contributed by atoms with E-state index in [1.807, 2.05) is 38.1 Å². The molecular weight excluding hydrogens is 255 g/mol. The monoisotopic (exact) mass is 275 g/mol. The van der Waals surface area contributed by atoms with Crippen LogP contribution in [0.5, 0.6) is 5.75 Å². The highest BCUT2D eigenvalue weighted by atomic mass is 19.4. The van der Waals surface area contributed by atoms with Crippen LogP contribution in [0, 0.1) is 0 Å². The molecule has 2 nitrogen and oxygen atoms in total. The van der Waals surface area contributed by atoms with Gasteiger partial charge in [-0.1, -0.05) is 12.1 Å². The number of rotatable bonds is 6. The Balaban J connectivity index is 2.41. The van der Waals surface area contributed by atoms with Crippen LogP contribution in [-0.2, 0) is 6.54 Å². The van der Waals surface area contributed by atoms with Gasteiger partial charge in [-0.2, -0.15) is 13.2 Å². The van der Waals surface area contributed by atoms with E-state index in [1.165, 1.54) is 6.92 Å². The molecule has 0 aliphatic carbocycles. The van der Waals surface area contributed by atoms with E-state index in [9.17, 15) is 13.2 Å². The van der Waals surface area contributed by atoms with Crippen LogP contribution in [-0.4, -0.2) is 18.3 Å². The molecule has 0 saturated heterocycles. The molecule has 0 aromatic heterocycles. The number of hydrogen-bond donors (Lipinski definition) is 1. The van der Waals surface area contributed by atoms with Gasteiger partial charge in [-0.25, -0.2) is 0 Å². The Hall–Kier alpha value is -1.23. The first-order valence-electron chi connectivity index (χ1n) is 6.32. The summed E-state index contributed by atoms with van der Waals surface area (Å²) in [5.41, 5.74) is 0.935. The lowest BCUT2D eigenvalue weighted by Gasteiger charge is -2.16. The molecule has 0 spiro atoms. The van der Waals surface area contributed by atoms with Gasteiger partial charge in [-0.15, -0.1) is 0 Å². The van der Waals surface area contributed by atoms with Gasteiger partial charge in [-0.05, 0) is 38.5 Å². The lowest BCUT2D eigenvalue weighted by Crippen LogP contribution is -2.30. The Bertz CT molecular complexity index is 373. The molecule has 0 aliphatic heterocycles. The first-order chi connectivity index (χ1) is 8.76. The van der Waals surface area contributed by atoms with Gasteiger partial charge in [0, 0.05) is 12.6 Å². The maximum absolute atomic E-state index is 12.1. The summed E-state index contributed by atoms with van der Waals surface area (Å²) in [6.07, 6.45) is -4.83. The second-order valence-electron chi connectivity index (χ2n) is 4.91. The number of alkyl halides is 3. The molecule has 1 unspecified atom stereocenters. The molecule has 0 heterocycles. The molecule has 1 atom stereocenters. The van der Waals surface area contributed by atoms with Gasteiger partial charge in [0.25, 0.3) is 0 Å². The number of nitrogens with one attached hydrogen (secondary N) is 1. The molecule has 0 saturated carbocycles. The Morgan fingerprint density at radius 1 is 1.11 bits per heavy atom. The molecule has 108 valence electrons. The van der Waals surface area contributed by atoms with Crippen molar-refractivity contribution in [2.75, 3.05) is 0 Å². The molecule has 1 aromatic rings. The molecule has 19 heavy (non-hydrogen) atoms. The fourth-order valence-electron chi connectivity index (χ4n) is 1.67. The molecule has 0 radical (unpaired) electrons. The Kier molecular flexibility index (Phi) is 5.66. The minimum absolute atomic E-state index is 0.107. The molecule has 5 heteroatoms. The Morgan fingerprint density at radius 2 is 1.68 bits per heavy atom. The van der Waals surface area contributed by atoms with Crippen LogP contribution in [0.25, 0.3) is 0 Å². The third-order valence-electron chi connectivity index (χ3n) is 2.49. The summed E-state index contributed by atoms with van der Waals surface area (Å²) in [4.78, 5) is 0. The molecule has 0 bridgehead atoms. The second-order valence-corrected chi connectivity index (χ2v) is 4.91. The Labute approximate surface area is 112 Å². The first kappa shape index (κ1) is 15.8. The van der Waals surface area contributed by atoms with Crippen molar-refractivity contribution in [3.8, 4) is 5.75 Å². The molecular formula is C14H20F3NO. The quantitative estimate of drug-likeness (QED) is 0.850. The number of benzene rings is 1. The fourth-order valence-corrected chi connectivity index (χ4v) is 1.67. The van der Waals surface area contributed by atoms with E-state index in [2.05, 4.69) is 5.32 Å². The van der Waals surface area contributed by atoms with Crippen molar-refractivity contribution < 1.29 is 17.9 Å². The summed E-state index contributed by atoms with van der Waals surface area (Å²) in [5, 5.41) is 2.85. The zero-order chi connectivity index (χ0) is 14.5. The van der Waals surface area contributed by atoms with Gasteiger partial charge < -0.3 is 10.1 Å². The summed E-state index contributed by atoms with van der Waals surface area (Å²) in [5.74, 6) is 0.766.